The number of benzene rings is 1. The van der Waals surface area contributed by atoms with E-state index < -0.39 is 10.0 Å². The van der Waals surface area contributed by atoms with E-state index in [0.29, 0.717) is 12.0 Å². The summed E-state index contributed by atoms with van der Waals surface area (Å²) in [6.07, 6.45) is 3.46. The van der Waals surface area contributed by atoms with E-state index in [2.05, 4.69) is 19.2 Å². The van der Waals surface area contributed by atoms with Crippen LogP contribution in [-0.4, -0.2) is 14.5 Å². The summed E-state index contributed by atoms with van der Waals surface area (Å²) in [6, 6.07) is 5.24. The fourth-order valence-corrected chi connectivity index (χ4v) is 3.46. The van der Waals surface area contributed by atoms with Crippen molar-refractivity contribution in [3.05, 3.63) is 18.2 Å². The number of rotatable bonds is 3. The summed E-state index contributed by atoms with van der Waals surface area (Å²) in [5.74, 6) is 1.46. The number of nitrogens with one attached hydrogen (secondary N) is 1. The Hall–Kier alpha value is -1.27. The number of nitrogen functional groups attached to an aromatic ring is 1. The molecule has 2 rings (SSSR count). The minimum atomic E-state index is -3.75. The maximum atomic E-state index is 11.3. The number of nitrogens with two attached hydrogens (primary N) is 2. The summed E-state index contributed by atoms with van der Waals surface area (Å²) in [7, 11) is -3.75. The van der Waals surface area contributed by atoms with Crippen LogP contribution in [0.1, 0.15) is 33.1 Å². The number of hydrogen-bond acceptors (Lipinski definition) is 4. The molecule has 0 bridgehead atoms. The van der Waals surface area contributed by atoms with Crippen LogP contribution in [0.2, 0.25) is 0 Å². The fourth-order valence-electron chi connectivity index (χ4n) is 2.81. The highest BCUT2D eigenvalue weighted by Gasteiger charge is 2.24. The van der Waals surface area contributed by atoms with Crippen LogP contribution in [0, 0.1) is 11.8 Å². The largest absolute Gasteiger partial charge is 0.398 e. The second-order valence-electron chi connectivity index (χ2n) is 5.91. The lowest BCUT2D eigenvalue weighted by molar-refractivity contribution is 0.261. The lowest BCUT2D eigenvalue weighted by Gasteiger charge is -2.33. The molecule has 6 heteroatoms. The van der Waals surface area contributed by atoms with Gasteiger partial charge in [-0.25, -0.2) is 13.6 Å². The van der Waals surface area contributed by atoms with Crippen LogP contribution < -0.4 is 16.2 Å². The quantitative estimate of drug-likeness (QED) is 0.744. The standard InChI is InChI=1S/C14H23N3O2S/c1-9-3-4-11(7-10(9)2)17-12-5-6-14(13(15)8-12)20(16,18)19/h5-6,8-11,17H,3-4,7,15H2,1-2H3,(H2,16,18,19). The number of anilines is 2. The summed E-state index contributed by atoms with van der Waals surface area (Å²) in [5, 5.41) is 8.53. The summed E-state index contributed by atoms with van der Waals surface area (Å²) in [4.78, 5) is -0.0197. The topological polar surface area (TPSA) is 98.2 Å². The van der Waals surface area contributed by atoms with E-state index in [9.17, 15) is 8.42 Å². The highest BCUT2D eigenvalue weighted by molar-refractivity contribution is 7.89. The first-order valence-corrected chi connectivity index (χ1v) is 8.51. The molecule has 1 aromatic rings. The van der Waals surface area contributed by atoms with E-state index in [1.54, 1.807) is 12.1 Å². The molecule has 1 aliphatic carbocycles. The average molecular weight is 297 g/mol. The van der Waals surface area contributed by atoms with Gasteiger partial charge in [-0.2, -0.15) is 0 Å². The Bertz CT molecular complexity index is 586. The minimum absolute atomic E-state index is 0.0197. The molecule has 1 aliphatic rings. The molecule has 1 fully saturated rings. The van der Waals surface area contributed by atoms with Crippen molar-refractivity contribution in [2.75, 3.05) is 11.1 Å². The van der Waals surface area contributed by atoms with Gasteiger partial charge in [0.2, 0.25) is 10.0 Å². The van der Waals surface area contributed by atoms with Gasteiger partial charge in [0.05, 0.1) is 5.69 Å². The van der Waals surface area contributed by atoms with E-state index in [-0.39, 0.29) is 10.6 Å². The van der Waals surface area contributed by atoms with E-state index in [4.69, 9.17) is 10.9 Å². The van der Waals surface area contributed by atoms with Crippen molar-refractivity contribution < 1.29 is 8.42 Å². The third kappa shape index (κ3) is 3.43. The molecular formula is C14H23N3O2S. The molecule has 0 heterocycles. The van der Waals surface area contributed by atoms with Gasteiger partial charge in [-0.1, -0.05) is 13.8 Å². The van der Waals surface area contributed by atoms with Gasteiger partial charge in [-0.05, 0) is 49.3 Å². The third-order valence-corrected chi connectivity index (χ3v) is 5.27. The molecule has 5 N–H and O–H groups in total. The van der Waals surface area contributed by atoms with Crippen LogP contribution >= 0.6 is 0 Å². The summed E-state index contributed by atoms with van der Waals surface area (Å²) >= 11 is 0. The zero-order chi connectivity index (χ0) is 14.9. The van der Waals surface area contributed by atoms with Crippen molar-refractivity contribution in [2.45, 2.75) is 44.0 Å². The highest BCUT2D eigenvalue weighted by atomic mass is 32.2. The SMILES string of the molecule is CC1CCC(Nc2ccc(S(N)(=O)=O)c(N)c2)CC1C. The molecular weight excluding hydrogens is 274 g/mol. The van der Waals surface area contributed by atoms with Gasteiger partial charge >= 0.3 is 0 Å². The third-order valence-electron chi connectivity index (χ3n) is 4.29. The molecule has 0 saturated heterocycles. The van der Waals surface area contributed by atoms with E-state index >= 15 is 0 Å². The van der Waals surface area contributed by atoms with Crippen molar-refractivity contribution in [1.82, 2.24) is 0 Å². The molecule has 0 spiro atoms. The van der Waals surface area contributed by atoms with Crippen molar-refractivity contribution in [2.24, 2.45) is 17.0 Å². The Morgan fingerprint density at radius 3 is 2.45 bits per heavy atom. The van der Waals surface area contributed by atoms with Crippen molar-refractivity contribution in [3.63, 3.8) is 0 Å². The van der Waals surface area contributed by atoms with Gasteiger partial charge < -0.3 is 11.1 Å². The number of sulfonamides is 1. The first-order valence-electron chi connectivity index (χ1n) is 6.96. The Morgan fingerprint density at radius 2 is 1.90 bits per heavy atom. The second-order valence-corrected chi connectivity index (χ2v) is 7.44. The van der Waals surface area contributed by atoms with Crippen LogP contribution in [0.3, 0.4) is 0 Å². The number of primary sulfonamides is 1. The molecule has 0 aliphatic heterocycles. The Morgan fingerprint density at radius 1 is 1.20 bits per heavy atom. The van der Waals surface area contributed by atoms with E-state index in [1.807, 2.05) is 0 Å². The Labute approximate surface area is 120 Å². The maximum Gasteiger partial charge on any atom is 0.240 e. The molecule has 1 saturated carbocycles. The monoisotopic (exact) mass is 297 g/mol. The van der Waals surface area contributed by atoms with Gasteiger partial charge in [0.25, 0.3) is 0 Å². The smallest absolute Gasteiger partial charge is 0.240 e. The van der Waals surface area contributed by atoms with Crippen molar-refractivity contribution >= 4 is 21.4 Å². The van der Waals surface area contributed by atoms with Gasteiger partial charge in [0, 0.05) is 11.7 Å². The molecule has 112 valence electrons. The predicted octanol–water partition coefficient (Wildman–Crippen LogP) is 2.15. The maximum absolute atomic E-state index is 11.3. The Balaban J connectivity index is 2.10. The van der Waals surface area contributed by atoms with Crippen molar-refractivity contribution in [3.8, 4) is 0 Å². The van der Waals surface area contributed by atoms with Gasteiger partial charge in [-0.3, -0.25) is 0 Å². The zero-order valence-electron chi connectivity index (χ0n) is 12.0. The lowest BCUT2D eigenvalue weighted by Crippen LogP contribution is -2.30. The molecule has 5 nitrogen and oxygen atoms in total. The summed E-state index contributed by atoms with van der Waals surface area (Å²) in [5.41, 5.74) is 6.80. The second kappa shape index (κ2) is 5.61. The molecule has 20 heavy (non-hydrogen) atoms. The molecule has 3 atom stereocenters. The van der Waals surface area contributed by atoms with Crippen LogP contribution in [0.4, 0.5) is 11.4 Å². The van der Waals surface area contributed by atoms with Crippen molar-refractivity contribution in [1.29, 1.82) is 0 Å². The van der Waals surface area contributed by atoms with Gasteiger partial charge in [-0.15, -0.1) is 0 Å². The number of hydrogen-bond donors (Lipinski definition) is 3. The van der Waals surface area contributed by atoms with Crippen LogP contribution in [0.25, 0.3) is 0 Å². The average Bonchev–Trinajstić information content (AvgIpc) is 2.32. The van der Waals surface area contributed by atoms with E-state index in [0.717, 1.165) is 24.4 Å². The minimum Gasteiger partial charge on any atom is -0.398 e. The van der Waals surface area contributed by atoms with Crippen LogP contribution in [0.5, 0.6) is 0 Å². The fraction of sp³-hybridized carbons (Fsp3) is 0.571. The molecule has 1 aromatic carbocycles. The normalized spacial score (nSPS) is 27.2. The van der Waals surface area contributed by atoms with Crippen LogP contribution in [0.15, 0.2) is 23.1 Å². The van der Waals surface area contributed by atoms with E-state index in [1.165, 1.54) is 12.5 Å². The first-order chi connectivity index (χ1) is 9.27. The zero-order valence-corrected chi connectivity index (χ0v) is 12.8. The first kappa shape index (κ1) is 15.1. The van der Waals surface area contributed by atoms with Gasteiger partial charge in [0.15, 0.2) is 0 Å². The Kier molecular flexibility index (Phi) is 4.25. The molecule has 0 radical (unpaired) electrons. The molecule has 0 aromatic heterocycles. The summed E-state index contributed by atoms with van der Waals surface area (Å²) in [6.45, 7) is 4.57. The molecule has 0 amide bonds. The molecule has 3 unspecified atom stereocenters. The lowest BCUT2D eigenvalue weighted by atomic mass is 9.79. The van der Waals surface area contributed by atoms with Gasteiger partial charge in [0.1, 0.15) is 4.90 Å². The predicted molar refractivity (Wildman–Crippen MR) is 81.8 cm³/mol. The highest BCUT2D eigenvalue weighted by Crippen LogP contribution is 2.31. The summed E-state index contributed by atoms with van der Waals surface area (Å²) < 4.78 is 22.6. The van der Waals surface area contributed by atoms with Crippen LogP contribution in [-0.2, 0) is 10.0 Å².